The van der Waals surface area contributed by atoms with E-state index < -0.39 is 10.0 Å². The Kier molecular flexibility index (Phi) is 7.75. The number of benzene rings is 1. The minimum Gasteiger partial charge on any atom is -0.496 e. The van der Waals surface area contributed by atoms with Crippen molar-refractivity contribution in [1.29, 1.82) is 0 Å². The highest BCUT2D eigenvalue weighted by Gasteiger charge is 2.18. The van der Waals surface area contributed by atoms with E-state index in [9.17, 15) is 13.2 Å². The number of carbonyl (C=O) groups excluding carboxylic acids is 1. The van der Waals surface area contributed by atoms with Crippen molar-refractivity contribution in [2.75, 3.05) is 26.5 Å². The maximum absolute atomic E-state index is 12.1. The first kappa shape index (κ1) is 20.9. The maximum atomic E-state index is 12.1. The summed E-state index contributed by atoms with van der Waals surface area (Å²) in [7, 11) is -1.83. The Bertz CT molecular complexity index is 841. The van der Waals surface area contributed by atoms with Gasteiger partial charge in [-0.15, -0.1) is 0 Å². The van der Waals surface area contributed by atoms with Gasteiger partial charge >= 0.3 is 0 Å². The number of carbonyl (C=O) groups is 1. The fourth-order valence-corrected chi connectivity index (χ4v) is 3.46. The van der Waals surface area contributed by atoms with E-state index in [0.29, 0.717) is 13.0 Å². The van der Waals surface area contributed by atoms with Gasteiger partial charge in [0.25, 0.3) is 0 Å². The number of ether oxygens (including phenoxy) is 1. The topological polar surface area (TPSA) is 88.6 Å². The number of aromatic nitrogens is 1. The van der Waals surface area contributed by atoms with E-state index in [1.54, 1.807) is 25.6 Å². The molecule has 0 spiro atoms. The summed E-state index contributed by atoms with van der Waals surface area (Å²) in [6, 6.07) is 11.2. The van der Waals surface area contributed by atoms with Crippen LogP contribution in [0, 0.1) is 0 Å². The van der Waals surface area contributed by atoms with Crippen LogP contribution in [0.4, 0.5) is 0 Å². The molecule has 7 nitrogen and oxygen atoms in total. The first-order valence-corrected chi connectivity index (χ1v) is 10.5. The van der Waals surface area contributed by atoms with Gasteiger partial charge < -0.3 is 10.1 Å². The SMILES string of the molecule is COc1ccccc1CCN(CCC(=O)NCc1cccnc1)S(C)(=O)=O. The second kappa shape index (κ2) is 10.0. The fourth-order valence-electron chi connectivity index (χ4n) is 2.62. The van der Waals surface area contributed by atoms with Crippen LogP contribution in [0.25, 0.3) is 0 Å². The van der Waals surface area contributed by atoms with Crippen molar-refractivity contribution in [3.05, 3.63) is 59.9 Å². The first-order chi connectivity index (χ1) is 12.9. The van der Waals surface area contributed by atoms with Crippen LogP contribution >= 0.6 is 0 Å². The van der Waals surface area contributed by atoms with Crippen LogP contribution in [0.15, 0.2) is 48.8 Å². The third kappa shape index (κ3) is 6.99. The second-order valence-corrected chi connectivity index (χ2v) is 8.09. The van der Waals surface area contributed by atoms with E-state index >= 15 is 0 Å². The van der Waals surface area contributed by atoms with Crippen LogP contribution in [0.2, 0.25) is 0 Å². The number of nitrogens with one attached hydrogen (secondary N) is 1. The number of hydrogen-bond acceptors (Lipinski definition) is 5. The van der Waals surface area contributed by atoms with Gasteiger partial charge in [-0.1, -0.05) is 24.3 Å². The van der Waals surface area contributed by atoms with Gasteiger partial charge in [-0.2, -0.15) is 0 Å². The van der Waals surface area contributed by atoms with Crippen molar-refractivity contribution in [2.24, 2.45) is 0 Å². The zero-order valence-electron chi connectivity index (χ0n) is 15.6. The van der Waals surface area contributed by atoms with Gasteiger partial charge in [0.05, 0.1) is 13.4 Å². The van der Waals surface area contributed by atoms with Crippen LogP contribution in [-0.2, 0) is 27.8 Å². The largest absolute Gasteiger partial charge is 0.496 e. The highest BCUT2D eigenvalue weighted by Crippen LogP contribution is 2.18. The average Bonchev–Trinajstić information content (AvgIpc) is 2.66. The molecule has 146 valence electrons. The molecule has 0 aliphatic heterocycles. The van der Waals surface area contributed by atoms with E-state index in [0.717, 1.165) is 23.1 Å². The number of hydrogen-bond donors (Lipinski definition) is 1. The zero-order chi connectivity index (χ0) is 19.7. The summed E-state index contributed by atoms with van der Waals surface area (Å²) in [4.78, 5) is 16.0. The van der Waals surface area contributed by atoms with Gasteiger partial charge in [0.15, 0.2) is 0 Å². The number of nitrogens with zero attached hydrogens (tertiary/aromatic N) is 2. The standard InChI is InChI=1S/C19H25N3O4S/c1-26-18-8-4-3-7-17(18)9-12-22(27(2,24)25)13-10-19(23)21-15-16-6-5-11-20-14-16/h3-8,11,14H,9-10,12-13,15H2,1-2H3,(H,21,23). The zero-order valence-corrected chi connectivity index (χ0v) is 16.4. The van der Waals surface area contributed by atoms with Gasteiger partial charge in [-0.25, -0.2) is 12.7 Å². The van der Waals surface area contributed by atoms with Crippen molar-refractivity contribution in [3.63, 3.8) is 0 Å². The molecule has 1 aromatic heterocycles. The fraction of sp³-hybridized carbons (Fsp3) is 0.368. The van der Waals surface area contributed by atoms with Crippen molar-refractivity contribution in [1.82, 2.24) is 14.6 Å². The Balaban J connectivity index is 1.88. The Morgan fingerprint density at radius 2 is 1.96 bits per heavy atom. The predicted octanol–water partition coefficient (Wildman–Crippen LogP) is 1.60. The van der Waals surface area contributed by atoms with Crippen molar-refractivity contribution in [3.8, 4) is 5.75 Å². The average molecular weight is 391 g/mol. The molecule has 0 unspecified atom stereocenters. The van der Waals surface area contributed by atoms with Gasteiger partial charge in [-0.3, -0.25) is 9.78 Å². The van der Waals surface area contributed by atoms with Gasteiger partial charge in [0.2, 0.25) is 15.9 Å². The molecule has 0 saturated heterocycles. The van der Waals surface area contributed by atoms with E-state index in [-0.39, 0.29) is 25.4 Å². The molecule has 27 heavy (non-hydrogen) atoms. The lowest BCUT2D eigenvalue weighted by Crippen LogP contribution is -2.36. The molecular weight excluding hydrogens is 366 g/mol. The summed E-state index contributed by atoms with van der Waals surface area (Å²) in [5, 5.41) is 2.78. The molecule has 1 heterocycles. The highest BCUT2D eigenvalue weighted by molar-refractivity contribution is 7.88. The Morgan fingerprint density at radius 3 is 2.63 bits per heavy atom. The number of rotatable bonds is 10. The molecule has 0 bridgehead atoms. The number of para-hydroxylation sites is 1. The van der Waals surface area contributed by atoms with Crippen LogP contribution in [0.3, 0.4) is 0 Å². The molecule has 1 amide bonds. The number of amides is 1. The van der Waals surface area contributed by atoms with E-state index in [1.807, 2.05) is 30.3 Å². The molecule has 0 atom stereocenters. The molecule has 2 rings (SSSR count). The first-order valence-electron chi connectivity index (χ1n) is 8.63. The molecule has 1 N–H and O–H groups in total. The van der Waals surface area contributed by atoms with E-state index in [4.69, 9.17) is 4.74 Å². The lowest BCUT2D eigenvalue weighted by Gasteiger charge is -2.20. The van der Waals surface area contributed by atoms with Gasteiger partial charge in [0, 0.05) is 38.4 Å². The predicted molar refractivity (Wildman–Crippen MR) is 104 cm³/mol. The summed E-state index contributed by atoms with van der Waals surface area (Å²) >= 11 is 0. The molecule has 0 aliphatic carbocycles. The monoisotopic (exact) mass is 391 g/mol. The molecule has 8 heteroatoms. The molecule has 0 aliphatic rings. The van der Waals surface area contributed by atoms with Crippen molar-refractivity contribution < 1.29 is 17.9 Å². The number of pyridine rings is 1. The highest BCUT2D eigenvalue weighted by atomic mass is 32.2. The Labute approximate surface area is 160 Å². The van der Waals surface area contributed by atoms with Gasteiger partial charge in [0.1, 0.15) is 5.75 Å². The quantitative estimate of drug-likeness (QED) is 0.665. The summed E-state index contributed by atoms with van der Waals surface area (Å²) < 4.78 is 30.7. The van der Waals surface area contributed by atoms with Crippen LogP contribution in [0.5, 0.6) is 5.75 Å². The third-order valence-corrected chi connectivity index (χ3v) is 5.40. The molecule has 0 fully saturated rings. The summed E-state index contributed by atoms with van der Waals surface area (Å²) in [6.45, 7) is 0.786. The summed E-state index contributed by atoms with van der Waals surface area (Å²) in [5.74, 6) is 0.518. The molecule has 0 radical (unpaired) electrons. The number of methoxy groups -OCH3 is 1. The molecule has 1 aromatic carbocycles. The second-order valence-electron chi connectivity index (χ2n) is 6.11. The van der Waals surface area contributed by atoms with E-state index in [1.165, 1.54) is 4.31 Å². The minimum absolute atomic E-state index is 0.0965. The molecule has 2 aromatic rings. The third-order valence-electron chi connectivity index (χ3n) is 4.09. The molecular formula is C19H25N3O4S. The van der Waals surface area contributed by atoms with Crippen LogP contribution < -0.4 is 10.1 Å². The minimum atomic E-state index is -3.41. The van der Waals surface area contributed by atoms with Crippen LogP contribution in [0.1, 0.15) is 17.5 Å². The van der Waals surface area contributed by atoms with E-state index in [2.05, 4.69) is 10.3 Å². The normalized spacial score (nSPS) is 11.4. The summed E-state index contributed by atoms with van der Waals surface area (Å²) in [5.41, 5.74) is 1.82. The molecule has 0 saturated carbocycles. The Hall–Kier alpha value is -2.45. The van der Waals surface area contributed by atoms with Crippen molar-refractivity contribution in [2.45, 2.75) is 19.4 Å². The lowest BCUT2D eigenvalue weighted by molar-refractivity contribution is -0.121. The lowest BCUT2D eigenvalue weighted by atomic mass is 10.1. The van der Waals surface area contributed by atoms with Gasteiger partial charge in [-0.05, 0) is 29.7 Å². The number of sulfonamides is 1. The Morgan fingerprint density at radius 1 is 1.19 bits per heavy atom. The summed E-state index contributed by atoms with van der Waals surface area (Å²) in [6.07, 6.45) is 5.10. The smallest absolute Gasteiger partial charge is 0.221 e. The maximum Gasteiger partial charge on any atom is 0.221 e. The van der Waals surface area contributed by atoms with Crippen molar-refractivity contribution >= 4 is 15.9 Å². The van der Waals surface area contributed by atoms with Crippen LogP contribution in [-0.4, -0.2) is 50.1 Å².